The van der Waals surface area contributed by atoms with Gasteiger partial charge in [0.15, 0.2) is 29.4 Å². The number of nitrogens with zero attached hydrogens (tertiary/aromatic N) is 4. The summed E-state index contributed by atoms with van der Waals surface area (Å²) in [6, 6.07) is 7.89. The van der Waals surface area contributed by atoms with E-state index in [1.807, 2.05) is 35.9 Å². The van der Waals surface area contributed by atoms with E-state index in [9.17, 15) is 13.2 Å². The minimum atomic E-state index is -1.49. The van der Waals surface area contributed by atoms with E-state index in [1.54, 1.807) is 13.4 Å². The van der Waals surface area contributed by atoms with Gasteiger partial charge in [-0.05, 0) is 61.2 Å². The average Bonchev–Trinajstić information content (AvgIpc) is 3.16. The van der Waals surface area contributed by atoms with Gasteiger partial charge < -0.3 is 19.0 Å². The lowest BCUT2D eigenvalue weighted by molar-refractivity contribution is 0.0570. The van der Waals surface area contributed by atoms with E-state index in [4.69, 9.17) is 9.57 Å². The van der Waals surface area contributed by atoms with Gasteiger partial charge in [-0.1, -0.05) is 18.6 Å². The number of aryl methyl sites for hydroxylation is 1. The summed E-state index contributed by atoms with van der Waals surface area (Å²) >= 11 is 0. The monoisotopic (exact) mass is 498 g/mol. The number of ether oxygens (including phenoxy) is 1. The lowest BCUT2D eigenvalue weighted by Crippen LogP contribution is -2.37. The topological polar surface area (TPSA) is 51.9 Å². The molecule has 9 heteroatoms. The third-order valence-electron chi connectivity index (χ3n) is 6.30. The van der Waals surface area contributed by atoms with E-state index < -0.39 is 23.6 Å². The molecular formula is C27H29F3N4O2. The zero-order chi connectivity index (χ0) is 24.5. The second-order valence-corrected chi connectivity index (χ2v) is 8.71. The largest absolute Gasteiger partial charge is 0.495 e. The molecule has 0 aliphatic carbocycles. The van der Waals surface area contributed by atoms with Gasteiger partial charge >= 0.3 is 0 Å². The predicted molar refractivity (Wildman–Crippen MR) is 133 cm³/mol. The molecule has 2 aliphatic rings. The maximum absolute atomic E-state index is 13.8. The highest BCUT2D eigenvalue weighted by Crippen LogP contribution is 2.32. The molecule has 190 valence electrons. The number of hydrogen-bond donors (Lipinski definition) is 0. The zero-order valence-corrected chi connectivity index (χ0v) is 19.5. The van der Waals surface area contributed by atoms with Crippen LogP contribution >= 0.6 is 0 Å². The number of rotatable bonds is 4. The van der Waals surface area contributed by atoms with Crippen LogP contribution in [-0.2, 0) is 4.84 Å². The second kappa shape index (κ2) is 10.5. The molecule has 5 rings (SSSR count). The first kappa shape index (κ1) is 25.3. The van der Waals surface area contributed by atoms with Crippen LogP contribution in [0.2, 0.25) is 0 Å². The Balaban J connectivity index is 0.00000304. The van der Waals surface area contributed by atoms with Crippen LogP contribution < -0.4 is 4.74 Å². The Morgan fingerprint density at radius 3 is 2.58 bits per heavy atom. The highest BCUT2D eigenvalue weighted by molar-refractivity contribution is 6.02. The maximum atomic E-state index is 13.8. The van der Waals surface area contributed by atoms with Gasteiger partial charge in [-0.2, -0.15) is 0 Å². The molecule has 1 fully saturated rings. The number of aromatic nitrogens is 2. The van der Waals surface area contributed by atoms with Gasteiger partial charge in [0.05, 0.1) is 24.8 Å². The van der Waals surface area contributed by atoms with Crippen molar-refractivity contribution in [2.75, 3.05) is 20.2 Å². The molecule has 0 bridgehead atoms. The molecule has 1 atom stereocenters. The summed E-state index contributed by atoms with van der Waals surface area (Å²) in [4.78, 5) is 12.1. The summed E-state index contributed by atoms with van der Waals surface area (Å²) < 4.78 is 48.4. The summed E-state index contributed by atoms with van der Waals surface area (Å²) in [5, 5.41) is 4.36. The Morgan fingerprint density at radius 1 is 1.11 bits per heavy atom. The Morgan fingerprint density at radius 2 is 1.89 bits per heavy atom. The molecule has 3 heterocycles. The van der Waals surface area contributed by atoms with Crippen molar-refractivity contribution in [2.24, 2.45) is 5.16 Å². The van der Waals surface area contributed by atoms with Crippen LogP contribution in [0.3, 0.4) is 0 Å². The van der Waals surface area contributed by atoms with Gasteiger partial charge in [-0.25, -0.2) is 18.2 Å². The number of oxime groups is 1. The van der Waals surface area contributed by atoms with E-state index in [0.717, 1.165) is 54.0 Å². The molecule has 0 unspecified atom stereocenters. The van der Waals surface area contributed by atoms with Gasteiger partial charge in [0, 0.05) is 31.3 Å². The molecular weight excluding hydrogens is 469 g/mol. The smallest absolute Gasteiger partial charge is 0.194 e. The van der Waals surface area contributed by atoms with Crippen molar-refractivity contribution in [3.8, 4) is 11.4 Å². The Kier molecular flexibility index (Phi) is 7.37. The minimum Gasteiger partial charge on any atom is -0.495 e. The molecule has 0 saturated carbocycles. The second-order valence-electron chi connectivity index (χ2n) is 8.71. The molecule has 0 radical (unpaired) electrons. The van der Waals surface area contributed by atoms with Gasteiger partial charge in [0.1, 0.15) is 5.75 Å². The number of benzene rings is 2. The number of methoxy groups -OCH3 is 1. The van der Waals surface area contributed by atoms with Crippen molar-refractivity contribution < 1.29 is 22.7 Å². The van der Waals surface area contributed by atoms with Gasteiger partial charge in [0.2, 0.25) is 0 Å². The van der Waals surface area contributed by atoms with Crippen molar-refractivity contribution in [3.05, 3.63) is 82.7 Å². The summed E-state index contributed by atoms with van der Waals surface area (Å²) in [5.74, 6) is -2.54. The average molecular weight is 499 g/mol. The summed E-state index contributed by atoms with van der Waals surface area (Å²) in [7, 11) is 1.63. The lowest BCUT2D eigenvalue weighted by Gasteiger charge is -2.29. The molecule has 1 saturated heterocycles. The molecule has 0 amide bonds. The number of amidine groups is 1. The van der Waals surface area contributed by atoms with Crippen molar-refractivity contribution in [1.29, 1.82) is 0 Å². The molecule has 1 aromatic heterocycles. The number of piperidine rings is 1. The Hall–Kier alpha value is -3.75. The van der Waals surface area contributed by atoms with Crippen LogP contribution in [0.5, 0.6) is 5.75 Å². The maximum Gasteiger partial charge on any atom is 0.194 e. The summed E-state index contributed by atoms with van der Waals surface area (Å²) in [6.45, 7) is 3.34. The van der Waals surface area contributed by atoms with Crippen LogP contribution in [0.15, 0.2) is 53.6 Å². The number of fused-ring (bicyclic) bond motifs is 1. The quantitative estimate of drug-likeness (QED) is 0.402. The summed E-state index contributed by atoms with van der Waals surface area (Å²) in [5.41, 5.74) is 3.98. The lowest BCUT2D eigenvalue weighted by atomic mass is 9.99. The van der Waals surface area contributed by atoms with Crippen LogP contribution in [0.4, 0.5) is 13.2 Å². The molecule has 2 aromatic carbocycles. The van der Waals surface area contributed by atoms with Crippen LogP contribution in [0.1, 0.15) is 49.6 Å². The molecule has 6 nitrogen and oxygen atoms in total. The fourth-order valence-electron chi connectivity index (χ4n) is 4.53. The van der Waals surface area contributed by atoms with Gasteiger partial charge in [-0.15, -0.1) is 0 Å². The molecule has 3 aromatic rings. The molecule has 0 spiro atoms. The standard InChI is InChI=1S/C26H25F3N4O2.CH4/c1-16-14-33(15-30-16)22-6-5-17(11-24(22)34-2)10-18-4-3-8-32-9-7-23(35-31-26(18)32)19-12-20(27)25(29)21(28)13-19;/h5-6,10-15,23H,3-4,7-9H2,1-2H3;1H4/b18-10+;/t23-;/m1./s1. The van der Waals surface area contributed by atoms with Crippen LogP contribution in [-0.4, -0.2) is 40.5 Å². The first-order valence-corrected chi connectivity index (χ1v) is 11.5. The Labute approximate surface area is 208 Å². The van der Waals surface area contributed by atoms with Crippen LogP contribution in [0.25, 0.3) is 11.8 Å². The van der Waals surface area contributed by atoms with Crippen molar-refractivity contribution in [2.45, 2.75) is 39.7 Å². The fraction of sp³-hybridized carbons (Fsp3) is 0.333. The third-order valence-corrected chi connectivity index (χ3v) is 6.30. The van der Waals surface area contributed by atoms with Gasteiger partial charge in [-0.3, -0.25) is 0 Å². The van der Waals surface area contributed by atoms with E-state index in [1.165, 1.54) is 0 Å². The third kappa shape index (κ3) is 4.96. The molecule has 0 N–H and O–H groups in total. The van der Waals surface area contributed by atoms with Crippen molar-refractivity contribution in [1.82, 2.24) is 14.5 Å². The van der Waals surface area contributed by atoms with E-state index in [-0.39, 0.29) is 13.0 Å². The van der Waals surface area contributed by atoms with Crippen molar-refractivity contribution in [3.63, 3.8) is 0 Å². The number of halogens is 3. The SMILES string of the molecule is C.COc1cc(/C=C2\CCCN3CC[C@H](c4cc(F)c(F)c(F)c4)ON=C23)ccc1-n1cnc(C)c1. The van der Waals surface area contributed by atoms with E-state index in [2.05, 4.69) is 21.1 Å². The zero-order valence-electron chi connectivity index (χ0n) is 19.5. The number of hydrogen-bond acceptors (Lipinski definition) is 5. The molecule has 2 aliphatic heterocycles. The highest BCUT2D eigenvalue weighted by Gasteiger charge is 2.28. The fourth-order valence-corrected chi connectivity index (χ4v) is 4.53. The summed E-state index contributed by atoms with van der Waals surface area (Å²) in [6.07, 6.45) is 7.29. The van der Waals surface area contributed by atoms with Crippen molar-refractivity contribution >= 4 is 11.9 Å². The predicted octanol–water partition coefficient (Wildman–Crippen LogP) is 6.20. The van der Waals surface area contributed by atoms with Crippen LogP contribution in [0, 0.1) is 24.4 Å². The first-order chi connectivity index (χ1) is 16.9. The first-order valence-electron chi connectivity index (χ1n) is 11.5. The number of imidazole rings is 1. The van der Waals surface area contributed by atoms with E-state index in [0.29, 0.717) is 24.6 Å². The minimum absolute atomic E-state index is 0. The van der Waals surface area contributed by atoms with Gasteiger partial charge in [0.25, 0.3) is 0 Å². The highest BCUT2D eigenvalue weighted by atomic mass is 19.2. The molecule has 36 heavy (non-hydrogen) atoms. The Bertz CT molecular complexity index is 1300. The normalized spacial score (nSPS) is 18.6. The van der Waals surface area contributed by atoms with E-state index >= 15 is 0 Å².